The quantitative estimate of drug-likeness (QED) is 0.0127. The number of para-hydroxylation sites is 1. The second-order valence-corrected chi connectivity index (χ2v) is 19.3. The molecule has 0 saturated heterocycles. The normalized spacial score (nSPS) is 14.0. The Balaban J connectivity index is 1.95. The van der Waals surface area contributed by atoms with Gasteiger partial charge in [-0.25, -0.2) is 9.59 Å². The molecule has 0 spiro atoms. The zero-order chi connectivity index (χ0) is 58.4. The van der Waals surface area contributed by atoms with Crippen molar-refractivity contribution in [3.05, 3.63) is 71.9 Å². The largest absolute Gasteiger partial charge is 0.480 e. The lowest BCUT2D eigenvalue weighted by atomic mass is 10.0. The number of urea groups is 1. The number of carboxylic acid groups (broad SMARTS) is 1. The number of aliphatic carboxylic acids is 1. The average Bonchev–Trinajstić information content (AvgIpc) is 3.83. The number of H-pyrrole nitrogens is 1. The van der Waals surface area contributed by atoms with Crippen molar-refractivity contribution < 1.29 is 48.3 Å². The van der Waals surface area contributed by atoms with E-state index < -0.39 is 102 Å². The molecule has 1 aromatic heterocycles. The maximum atomic E-state index is 14.6. The van der Waals surface area contributed by atoms with Crippen LogP contribution >= 0.6 is 25.3 Å². The minimum absolute atomic E-state index is 0.0238. The van der Waals surface area contributed by atoms with Crippen LogP contribution in [0.3, 0.4) is 0 Å². The van der Waals surface area contributed by atoms with Crippen LogP contribution in [0.2, 0.25) is 0 Å². The van der Waals surface area contributed by atoms with Gasteiger partial charge in [-0.05, 0) is 62.1 Å². The summed E-state index contributed by atoms with van der Waals surface area (Å²) < 4.78 is 0. The number of hydrogen-bond acceptors (Lipinski definition) is 14. The Hall–Kier alpha value is -7.79. The SMILES string of the molecule is CCCC[C@H](NC(=O)[C@@H](N)CCCNC(=N)N)C(=O)N[C@@H](CS)C(=O)N[C@@H](CCCNC(N)=O)C(=O)N[C@H](Cc1ccccc1)C(=O)N[C@@H](CCCNC(=N)N)C(=O)N[C@H](Cc1c[nH]c2ccccc12)C(=O)N[C@@H](CS)C(=O)O. The first-order valence-corrected chi connectivity index (χ1v) is 27.0. The van der Waals surface area contributed by atoms with E-state index in [0.29, 0.717) is 36.9 Å². The van der Waals surface area contributed by atoms with E-state index in [1.54, 1.807) is 54.7 Å². The van der Waals surface area contributed by atoms with Gasteiger partial charge in [0.25, 0.3) is 0 Å². The topological polar surface area (TPSA) is 462 Å². The molecule has 3 aromatic rings. The highest BCUT2D eigenvalue weighted by molar-refractivity contribution is 7.80. The summed E-state index contributed by atoms with van der Waals surface area (Å²) in [4.78, 5) is 125. The number of nitrogens with one attached hydrogen (secondary N) is 13. The maximum absolute atomic E-state index is 14.6. The van der Waals surface area contributed by atoms with Crippen LogP contribution in [0.25, 0.3) is 10.9 Å². The molecule has 3 rings (SSSR count). The van der Waals surface area contributed by atoms with E-state index in [1.807, 2.05) is 13.0 Å². The fourth-order valence-electron chi connectivity index (χ4n) is 8.02. The first kappa shape index (κ1) is 65.5. The molecule has 27 nitrogen and oxygen atoms in total. The van der Waals surface area contributed by atoms with Crippen molar-refractivity contribution in [3.8, 4) is 0 Å². The van der Waals surface area contributed by atoms with Gasteiger partial charge in [0.1, 0.15) is 42.3 Å². The molecule has 1 heterocycles. The molecular formula is C50H77N17O10S2. The highest BCUT2D eigenvalue weighted by Gasteiger charge is 2.35. The number of thiol groups is 2. The van der Waals surface area contributed by atoms with Crippen LogP contribution in [0.5, 0.6) is 0 Å². The van der Waals surface area contributed by atoms with E-state index in [0.717, 1.165) is 10.9 Å². The zero-order valence-electron chi connectivity index (χ0n) is 44.0. The van der Waals surface area contributed by atoms with Gasteiger partial charge in [0.15, 0.2) is 11.9 Å². The highest BCUT2D eigenvalue weighted by Crippen LogP contribution is 2.20. The summed E-state index contributed by atoms with van der Waals surface area (Å²) in [6.45, 7) is 2.25. The van der Waals surface area contributed by atoms with Crippen molar-refractivity contribution in [1.82, 2.24) is 58.2 Å². The van der Waals surface area contributed by atoms with Gasteiger partial charge < -0.3 is 86.2 Å². The van der Waals surface area contributed by atoms with Gasteiger partial charge >= 0.3 is 12.0 Å². The maximum Gasteiger partial charge on any atom is 0.327 e. The number of carbonyl (C=O) groups excluding carboxylic acids is 8. The number of amides is 9. The Morgan fingerprint density at radius 3 is 1.46 bits per heavy atom. The molecule has 22 N–H and O–H groups in total. The molecule has 0 unspecified atom stereocenters. The van der Waals surface area contributed by atoms with Crippen LogP contribution in [0.4, 0.5) is 4.79 Å². The van der Waals surface area contributed by atoms with Crippen LogP contribution in [0, 0.1) is 10.8 Å². The number of benzene rings is 2. The van der Waals surface area contributed by atoms with Crippen molar-refractivity contribution in [2.24, 2.45) is 22.9 Å². The average molecular weight is 1140 g/mol. The first-order valence-electron chi connectivity index (χ1n) is 25.8. The number of aromatic nitrogens is 1. The standard InChI is InChI=1S/C50H77N17O10S2/c1-2-3-16-33(61-40(68)31(51)15-9-20-57-48(52)53)43(71)66-38(26-78)46(74)63-35(19-11-22-59-50(56)77)41(69)64-36(23-28-12-5-4-6-13-28)44(72)62-34(18-10-21-58-49(54)55)42(70)65-37(45(73)67-39(27-79)47(75)76)24-29-25-60-32-17-8-7-14-30(29)32/h4-8,12-14,17,25,31,33-39,60,78-79H,2-3,9-11,15-16,18-24,26-27,51H2,1H3,(H,61,68)(H,62,72)(H,63,74)(H,64,69)(H,65,70)(H,66,71)(H,67,73)(H,75,76)(H4,52,53,57)(H4,54,55,58)(H3,56,59,77)/t31-,33-,34-,35-,36+,37+,38-,39-/m0/s1. The molecule has 2 aromatic carbocycles. The Labute approximate surface area is 468 Å². The number of guanidine groups is 2. The molecule has 0 aliphatic carbocycles. The lowest BCUT2D eigenvalue weighted by molar-refractivity contribution is -0.141. The summed E-state index contributed by atoms with van der Waals surface area (Å²) >= 11 is 8.37. The van der Waals surface area contributed by atoms with E-state index >= 15 is 0 Å². The minimum Gasteiger partial charge on any atom is -0.480 e. The molecule has 8 atom stereocenters. The number of carboxylic acids is 1. The molecule has 0 saturated carbocycles. The van der Waals surface area contributed by atoms with Gasteiger partial charge in [-0.1, -0.05) is 68.3 Å². The Morgan fingerprint density at radius 1 is 0.532 bits per heavy atom. The van der Waals surface area contributed by atoms with Gasteiger partial charge in [0, 0.05) is 61.1 Å². The number of nitrogens with two attached hydrogens (primary N) is 4. The third-order valence-electron chi connectivity index (χ3n) is 12.3. The van der Waals surface area contributed by atoms with E-state index in [9.17, 15) is 48.3 Å². The third-order valence-corrected chi connectivity index (χ3v) is 13.0. The zero-order valence-corrected chi connectivity index (χ0v) is 45.8. The van der Waals surface area contributed by atoms with Gasteiger partial charge in [-0.15, -0.1) is 0 Å². The fourth-order valence-corrected chi connectivity index (χ4v) is 8.52. The summed E-state index contributed by atoms with van der Waals surface area (Å²) in [5.41, 5.74) is 24.1. The lowest BCUT2D eigenvalue weighted by Gasteiger charge is -2.28. The number of unbranched alkanes of at least 4 members (excludes halogenated alkanes) is 1. The molecule has 0 fully saturated rings. The Kier molecular flexibility index (Phi) is 28.9. The van der Waals surface area contributed by atoms with Crippen molar-refractivity contribution >= 4 is 101 Å². The number of carbonyl (C=O) groups is 9. The molecule has 9 amide bonds. The van der Waals surface area contributed by atoms with Crippen LogP contribution in [-0.4, -0.2) is 155 Å². The van der Waals surface area contributed by atoms with Gasteiger partial charge in [0.2, 0.25) is 41.4 Å². The summed E-state index contributed by atoms with van der Waals surface area (Å²) in [6.07, 6.45) is 3.36. The second kappa shape index (κ2) is 34.9. The highest BCUT2D eigenvalue weighted by atomic mass is 32.1. The second-order valence-electron chi connectivity index (χ2n) is 18.5. The summed E-state index contributed by atoms with van der Waals surface area (Å²) in [5.74, 6) is -8.17. The molecule has 0 aliphatic heterocycles. The minimum atomic E-state index is -1.44. The van der Waals surface area contributed by atoms with Crippen LogP contribution in [0.1, 0.15) is 75.8 Å². The predicted octanol–water partition coefficient (Wildman–Crippen LogP) is -2.22. The van der Waals surface area contributed by atoms with E-state index in [4.69, 9.17) is 33.8 Å². The van der Waals surface area contributed by atoms with E-state index in [1.165, 1.54) is 0 Å². The van der Waals surface area contributed by atoms with E-state index in [2.05, 4.69) is 83.4 Å². The smallest absolute Gasteiger partial charge is 0.327 e. The third kappa shape index (κ3) is 23.8. The summed E-state index contributed by atoms with van der Waals surface area (Å²) in [5, 5.41) is 51.4. The van der Waals surface area contributed by atoms with Crippen LogP contribution in [0.15, 0.2) is 60.8 Å². The molecule has 79 heavy (non-hydrogen) atoms. The van der Waals surface area contributed by atoms with E-state index in [-0.39, 0.29) is 87.9 Å². The number of aromatic amines is 1. The van der Waals surface area contributed by atoms with Crippen molar-refractivity contribution in [3.63, 3.8) is 0 Å². The number of primary amides is 1. The molecule has 0 bridgehead atoms. The molecule has 434 valence electrons. The first-order chi connectivity index (χ1) is 37.7. The van der Waals surface area contributed by atoms with Gasteiger partial charge in [0.05, 0.1) is 6.04 Å². The molecule has 0 radical (unpaired) electrons. The summed E-state index contributed by atoms with van der Waals surface area (Å²) in [7, 11) is 0. The molecular weight excluding hydrogens is 1060 g/mol. The number of rotatable bonds is 36. The van der Waals surface area contributed by atoms with Crippen molar-refractivity contribution in [2.75, 3.05) is 31.1 Å². The summed E-state index contributed by atoms with van der Waals surface area (Å²) in [6, 6.07) is 4.31. The molecule has 29 heteroatoms. The Bertz CT molecular complexity index is 2540. The van der Waals surface area contributed by atoms with Crippen molar-refractivity contribution in [2.45, 2.75) is 126 Å². The molecule has 0 aliphatic rings. The predicted molar refractivity (Wildman–Crippen MR) is 304 cm³/mol. The number of hydrogen-bond donors (Lipinski definition) is 20. The van der Waals surface area contributed by atoms with Gasteiger partial charge in [-0.2, -0.15) is 25.3 Å². The van der Waals surface area contributed by atoms with Crippen molar-refractivity contribution in [1.29, 1.82) is 10.8 Å². The lowest BCUT2D eigenvalue weighted by Crippen LogP contribution is -2.61. The monoisotopic (exact) mass is 1140 g/mol. The Morgan fingerprint density at radius 2 is 0.949 bits per heavy atom. The van der Waals surface area contributed by atoms with Gasteiger partial charge in [-0.3, -0.25) is 44.4 Å². The fraction of sp³-hybridized carbons (Fsp3) is 0.500. The van der Waals surface area contributed by atoms with Crippen LogP contribution in [-0.2, 0) is 51.2 Å². The number of fused-ring (bicyclic) bond motifs is 1. The van der Waals surface area contributed by atoms with Crippen LogP contribution < -0.4 is 76.1 Å².